The highest BCUT2D eigenvalue weighted by Gasteiger charge is 2.46. The summed E-state index contributed by atoms with van der Waals surface area (Å²) in [4.78, 5) is 30.5. The van der Waals surface area contributed by atoms with E-state index in [9.17, 15) is 21.6 Å². The summed E-state index contributed by atoms with van der Waals surface area (Å²) in [5.41, 5.74) is 2.44. The third-order valence-corrected chi connectivity index (χ3v) is 12.3. The molecule has 3 fully saturated rings. The van der Waals surface area contributed by atoms with Crippen molar-refractivity contribution in [1.82, 2.24) is 19.9 Å². The lowest BCUT2D eigenvalue weighted by Crippen LogP contribution is -2.60. The quantitative estimate of drug-likeness (QED) is 0.350. The smallest absolute Gasteiger partial charge is 0.236 e. The lowest BCUT2D eigenvalue weighted by molar-refractivity contribution is -0.123. The van der Waals surface area contributed by atoms with Crippen molar-refractivity contribution in [2.75, 3.05) is 57.7 Å². The number of carbonyl (C=O) groups excluding carboxylic acids is 1. The minimum atomic E-state index is -3.41. The maximum absolute atomic E-state index is 12.7. The first kappa shape index (κ1) is 31.9. The van der Waals surface area contributed by atoms with Crippen molar-refractivity contribution in [3.8, 4) is 0 Å². The molecule has 12 nitrogen and oxygen atoms in total. The molecule has 0 spiro atoms. The van der Waals surface area contributed by atoms with E-state index in [1.54, 1.807) is 29.4 Å². The number of carbonyl (C=O) groups is 1. The van der Waals surface area contributed by atoms with Crippen LogP contribution in [0, 0.1) is 6.92 Å². The fourth-order valence-electron chi connectivity index (χ4n) is 6.37. The minimum absolute atomic E-state index is 0. The predicted octanol–water partition coefficient (Wildman–Crippen LogP) is 2.47. The fraction of sp³-hybridized carbons (Fsp3) is 0.448. The van der Waals surface area contributed by atoms with Crippen LogP contribution in [0.5, 0.6) is 0 Å². The Kier molecular flexibility index (Phi) is 8.80. The van der Waals surface area contributed by atoms with Crippen LogP contribution in [0.15, 0.2) is 48.9 Å². The molecule has 0 aliphatic carbocycles. The molecule has 3 aromatic rings. The van der Waals surface area contributed by atoms with Gasteiger partial charge in [-0.1, -0.05) is 25.1 Å². The van der Waals surface area contributed by atoms with Crippen molar-refractivity contribution < 1.29 is 21.6 Å². The Morgan fingerprint density at radius 1 is 0.818 bits per heavy atom. The van der Waals surface area contributed by atoms with Gasteiger partial charge in [0.15, 0.2) is 0 Å². The van der Waals surface area contributed by atoms with Gasteiger partial charge in [0.25, 0.3) is 0 Å². The highest BCUT2D eigenvalue weighted by atomic mass is 35.5. The number of rotatable bonds is 7. The van der Waals surface area contributed by atoms with E-state index in [0.717, 1.165) is 29.8 Å². The zero-order valence-corrected chi connectivity index (χ0v) is 27.1. The van der Waals surface area contributed by atoms with E-state index >= 15 is 0 Å². The van der Waals surface area contributed by atoms with Crippen molar-refractivity contribution in [2.24, 2.45) is 0 Å². The number of nitrogens with zero attached hydrogens (tertiary/aromatic N) is 7. The number of hydrogen-bond acceptors (Lipinski definition) is 9. The van der Waals surface area contributed by atoms with Gasteiger partial charge in [0.2, 0.25) is 26.5 Å². The summed E-state index contributed by atoms with van der Waals surface area (Å²) in [6.07, 6.45) is 7.89. The summed E-state index contributed by atoms with van der Waals surface area (Å²) in [6.45, 7) is 6.11. The number of piperazine rings is 1. The second-order valence-corrected chi connectivity index (χ2v) is 15.2. The number of sulfonamides is 2. The number of aryl methyl sites for hydroxylation is 2. The van der Waals surface area contributed by atoms with Crippen molar-refractivity contribution in [1.29, 1.82) is 0 Å². The molecule has 3 aliphatic heterocycles. The zero-order valence-electron chi connectivity index (χ0n) is 24.7. The lowest BCUT2D eigenvalue weighted by Gasteiger charge is -2.50. The van der Waals surface area contributed by atoms with E-state index in [1.165, 1.54) is 8.61 Å². The molecule has 0 bridgehead atoms. The first-order valence-electron chi connectivity index (χ1n) is 14.5. The van der Waals surface area contributed by atoms with Gasteiger partial charge in [0.1, 0.15) is 23.0 Å². The monoisotopic (exact) mass is 661 g/mol. The third kappa shape index (κ3) is 5.47. The molecular formula is C29H36ClN7O5S2. The van der Waals surface area contributed by atoms with Crippen LogP contribution in [0.4, 0.5) is 17.5 Å². The van der Waals surface area contributed by atoms with Gasteiger partial charge in [-0.15, -0.1) is 12.4 Å². The average Bonchev–Trinajstić information content (AvgIpc) is 3.56. The molecule has 3 aromatic heterocycles. The van der Waals surface area contributed by atoms with Crippen LogP contribution in [0.25, 0.3) is 0 Å². The Hall–Kier alpha value is -3.49. The predicted molar refractivity (Wildman–Crippen MR) is 171 cm³/mol. The van der Waals surface area contributed by atoms with Crippen LogP contribution in [-0.2, 0) is 36.8 Å². The van der Waals surface area contributed by atoms with E-state index in [-0.39, 0.29) is 23.9 Å². The lowest BCUT2D eigenvalue weighted by atomic mass is 9.80. The Bertz CT molecular complexity index is 1650. The molecule has 15 heteroatoms. The highest BCUT2D eigenvalue weighted by molar-refractivity contribution is 7.93. The number of amides is 1. The van der Waals surface area contributed by atoms with Crippen molar-refractivity contribution in [3.63, 3.8) is 0 Å². The molecule has 0 unspecified atom stereocenters. The van der Waals surface area contributed by atoms with Crippen LogP contribution in [0.3, 0.4) is 0 Å². The van der Waals surface area contributed by atoms with Crippen LogP contribution < -0.4 is 13.5 Å². The van der Waals surface area contributed by atoms with Gasteiger partial charge in [0.05, 0.1) is 18.1 Å². The molecule has 6 heterocycles. The molecule has 0 saturated carbocycles. The highest BCUT2D eigenvalue weighted by Crippen LogP contribution is 2.41. The van der Waals surface area contributed by atoms with Crippen LogP contribution >= 0.6 is 12.4 Å². The Morgan fingerprint density at radius 3 is 1.80 bits per heavy atom. The number of halogens is 1. The van der Waals surface area contributed by atoms with Crippen LogP contribution in [-0.4, -0.2) is 87.3 Å². The number of hydrogen-bond donors (Lipinski definition) is 0. The zero-order chi connectivity index (χ0) is 30.4. The SMILES string of the molecule is CCc1cnc(N2CCN(C=O)C(c3ccc(N4CCCS4(=O)=O)nc3)(c3ccc(N4CCCS4(=O)=O)nc3)C2)c(C)c1.Cl. The third-order valence-electron chi connectivity index (χ3n) is 8.62. The molecule has 0 radical (unpaired) electrons. The normalized spacial score (nSPS) is 20.4. The summed E-state index contributed by atoms with van der Waals surface area (Å²) in [6, 6.07) is 9.11. The summed E-state index contributed by atoms with van der Waals surface area (Å²) in [5, 5.41) is 0. The standard InChI is InChI=1S/C29H35N7O5S2.ClH/c1-3-23-16-22(2)28(32-17-23)33-12-13-34(21-37)29(20-33,24-6-8-26(30-18-24)35-10-4-14-42(35,38)39)25-7-9-27(31-19-25)36-11-5-15-43(36,40)41;/h6-9,16-19,21H,3-5,10-15,20H2,1-2H3;1H. The van der Waals surface area contributed by atoms with Gasteiger partial charge in [0, 0.05) is 55.9 Å². The van der Waals surface area contributed by atoms with Crippen LogP contribution in [0.1, 0.15) is 42.0 Å². The molecule has 0 aromatic carbocycles. The van der Waals surface area contributed by atoms with Crippen molar-refractivity contribution >= 4 is 56.3 Å². The van der Waals surface area contributed by atoms with E-state index in [0.29, 0.717) is 68.3 Å². The number of anilines is 3. The fourth-order valence-corrected chi connectivity index (χ4v) is 9.40. The summed E-state index contributed by atoms with van der Waals surface area (Å²) >= 11 is 0. The molecule has 1 amide bonds. The Morgan fingerprint density at radius 2 is 1.39 bits per heavy atom. The van der Waals surface area contributed by atoms with Gasteiger partial charge in [-0.3, -0.25) is 13.4 Å². The first-order valence-corrected chi connectivity index (χ1v) is 17.7. The van der Waals surface area contributed by atoms with Gasteiger partial charge >= 0.3 is 0 Å². The van der Waals surface area contributed by atoms with Crippen LogP contribution in [0.2, 0.25) is 0 Å². The molecule has 6 rings (SSSR count). The molecule has 0 N–H and O–H groups in total. The maximum Gasteiger partial charge on any atom is 0.236 e. The summed E-state index contributed by atoms with van der Waals surface area (Å²) < 4.78 is 52.9. The molecule has 236 valence electrons. The topological polar surface area (TPSA) is 137 Å². The second-order valence-electron chi connectivity index (χ2n) is 11.2. The van der Waals surface area contributed by atoms with Gasteiger partial charge in [-0.25, -0.2) is 31.8 Å². The van der Waals surface area contributed by atoms with E-state index < -0.39 is 25.6 Å². The number of pyridine rings is 3. The molecule has 3 saturated heterocycles. The van der Waals surface area contributed by atoms with Crippen molar-refractivity contribution in [3.05, 3.63) is 71.2 Å². The largest absolute Gasteiger partial charge is 0.352 e. The molecule has 3 aliphatic rings. The van der Waals surface area contributed by atoms with Gasteiger partial charge in [-0.05, 0) is 49.4 Å². The summed E-state index contributed by atoms with van der Waals surface area (Å²) in [5.74, 6) is 1.65. The van der Waals surface area contributed by atoms with Gasteiger partial charge in [-0.2, -0.15) is 0 Å². The van der Waals surface area contributed by atoms with Gasteiger partial charge < -0.3 is 9.80 Å². The minimum Gasteiger partial charge on any atom is -0.352 e. The second kappa shape index (κ2) is 12.1. The summed E-state index contributed by atoms with van der Waals surface area (Å²) in [7, 11) is -6.83. The van der Waals surface area contributed by atoms with E-state index in [4.69, 9.17) is 4.98 Å². The van der Waals surface area contributed by atoms with E-state index in [1.807, 2.05) is 25.3 Å². The average molecular weight is 662 g/mol. The Balaban J connectivity index is 0.00000384. The molecular weight excluding hydrogens is 626 g/mol. The van der Waals surface area contributed by atoms with Crippen molar-refractivity contribution in [2.45, 2.75) is 38.6 Å². The maximum atomic E-state index is 12.7. The molecule has 0 atom stereocenters. The first-order chi connectivity index (χ1) is 20.6. The Labute approximate surface area is 264 Å². The van der Waals surface area contributed by atoms with E-state index in [2.05, 4.69) is 27.9 Å². The molecule has 44 heavy (non-hydrogen) atoms. The number of aromatic nitrogens is 3.